The molecule has 0 aromatic rings. The summed E-state index contributed by atoms with van der Waals surface area (Å²) in [5, 5.41) is 13.0. The van der Waals surface area contributed by atoms with E-state index >= 15 is 0 Å². The van der Waals surface area contributed by atoms with Crippen molar-refractivity contribution in [3.05, 3.63) is 0 Å². The topological polar surface area (TPSA) is 131 Å². The Kier molecular flexibility index (Phi) is 8.12. The van der Waals surface area contributed by atoms with Crippen molar-refractivity contribution in [3.63, 3.8) is 0 Å². The monoisotopic (exact) mass is 315 g/mol. The van der Waals surface area contributed by atoms with Crippen molar-refractivity contribution in [3.8, 4) is 0 Å². The highest BCUT2D eigenvalue weighted by Crippen LogP contribution is 2.13. The van der Waals surface area contributed by atoms with Crippen LogP contribution in [0.4, 0.5) is 18.0 Å². The Morgan fingerprint density at radius 2 is 1.90 bits per heavy atom. The fourth-order valence-corrected chi connectivity index (χ4v) is 1.18. The molecule has 0 radical (unpaired) electrons. The van der Waals surface area contributed by atoms with Crippen LogP contribution in [0.3, 0.4) is 0 Å². The number of aliphatic carboxylic acids is 1. The van der Waals surface area contributed by atoms with E-state index in [0.29, 0.717) is 0 Å². The number of alkyl halides is 3. The van der Waals surface area contributed by atoms with Crippen LogP contribution < -0.4 is 16.4 Å². The van der Waals surface area contributed by atoms with E-state index in [4.69, 9.17) is 10.8 Å². The van der Waals surface area contributed by atoms with Crippen molar-refractivity contribution in [2.75, 3.05) is 19.8 Å². The molecule has 21 heavy (non-hydrogen) atoms. The molecule has 5 N–H and O–H groups in total. The molecule has 0 saturated heterocycles. The number of hydrogen-bond acceptors (Lipinski definition) is 4. The van der Waals surface area contributed by atoms with Gasteiger partial charge < -0.3 is 26.2 Å². The van der Waals surface area contributed by atoms with Gasteiger partial charge in [0.25, 0.3) is 0 Å². The molecule has 0 aromatic heterocycles. The van der Waals surface area contributed by atoms with Gasteiger partial charge in [0.05, 0.1) is 6.61 Å². The number of halogens is 3. The Morgan fingerprint density at radius 3 is 2.38 bits per heavy atom. The van der Waals surface area contributed by atoms with E-state index in [2.05, 4.69) is 10.1 Å². The number of nitrogens with two attached hydrogens (primary N) is 1. The van der Waals surface area contributed by atoms with Crippen LogP contribution in [-0.2, 0) is 14.3 Å². The van der Waals surface area contributed by atoms with Crippen LogP contribution in [0.1, 0.15) is 12.8 Å². The largest absolute Gasteiger partial charge is 0.480 e. The van der Waals surface area contributed by atoms with Gasteiger partial charge in [-0.1, -0.05) is 0 Å². The highest BCUT2D eigenvalue weighted by Gasteiger charge is 2.27. The number of ether oxygens (including phenoxy) is 1. The highest BCUT2D eigenvalue weighted by atomic mass is 19.4. The number of primary amides is 1. The van der Waals surface area contributed by atoms with Crippen molar-refractivity contribution in [2.45, 2.75) is 25.1 Å². The van der Waals surface area contributed by atoms with Gasteiger partial charge in [-0.3, -0.25) is 4.79 Å². The molecule has 8 nitrogen and oxygen atoms in total. The molecule has 0 unspecified atom stereocenters. The van der Waals surface area contributed by atoms with Crippen LogP contribution in [0.5, 0.6) is 0 Å². The predicted octanol–water partition coefficient (Wildman–Crippen LogP) is -0.417. The first-order chi connectivity index (χ1) is 9.61. The molecule has 0 aliphatic heterocycles. The zero-order valence-corrected chi connectivity index (χ0v) is 10.9. The molecule has 0 aliphatic rings. The van der Waals surface area contributed by atoms with Gasteiger partial charge in [0, 0.05) is 13.0 Å². The quantitative estimate of drug-likeness (QED) is 0.429. The lowest BCUT2D eigenvalue weighted by molar-refractivity contribution is -0.173. The lowest BCUT2D eigenvalue weighted by Gasteiger charge is -2.14. The van der Waals surface area contributed by atoms with E-state index in [9.17, 15) is 27.6 Å². The van der Waals surface area contributed by atoms with Crippen molar-refractivity contribution < 1.29 is 37.4 Å². The molecule has 0 aromatic carbocycles. The Bertz CT molecular complexity index is 375. The number of rotatable bonds is 9. The average Bonchev–Trinajstić information content (AvgIpc) is 2.31. The molecule has 0 fully saturated rings. The second kappa shape index (κ2) is 9.00. The summed E-state index contributed by atoms with van der Waals surface area (Å²) >= 11 is 0. The minimum atomic E-state index is -4.45. The summed E-state index contributed by atoms with van der Waals surface area (Å²) in [6, 6.07) is -2.23. The number of carbonyl (C=O) groups excluding carboxylic acids is 2. The highest BCUT2D eigenvalue weighted by molar-refractivity contribution is 5.83. The number of carbonyl (C=O) groups is 3. The van der Waals surface area contributed by atoms with Crippen LogP contribution in [-0.4, -0.2) is 55.0 Å². The predicted molar refractivity (Wildman–Crippen MR) is 63.3 cm³/mol. The van der Waals surface area contributed by atoms with Gasteiger partial charge in [0.1, 0.15) is 12.6 Å². The number of urea groups is 1. The van der Waals surface area contributed by atoms with Gasteiger partial charge in [-0.2, -0.15) is 13.2 Å². The van der Waals surface area contributed by atoms with Crippen molar-refractivity contribution in [1.29, 1.82) is 0 Å². The van der Waals surface area contributed by atoms with E-state index in [1.165, 1.54) is 0 Å². The molecule has 0 aliphatic carbocycles. The first-order valence-electron chi connectivity index (χ1n) is 5.82. The number of carboxylic acids is 1. The van der Waals surface area contributed by atoms with Gasteiger partial charge in [-0.15, -0.1) is 0 Å². The van der Waals surface area contributed by atoms with Gasteiger partial charge in [0.15, 0.2) is 0 Å². The zero-order valence-electron chi connectivity index (χ0n) is 10.9. The molecule has 0 heterocycles. The summed E-state index contributed by atoms with van der Waals surface area (Å²) < 4.78 is 39.4. The second-order valence-corrected chi connectivity index (χ2v) is 3.96. The molecular weight excluding hydrogens is 299 g/mol. The SMILES string of the molecule is NC(=O)CC[C@@H](NC(=O)NCCOCC(F)(F)F)C(=O)O. The molecule has 0 spiro atoms. The third kappa shape index (κ3) is 11.5. The molecule has 0 rings (SSSR count). The van der Waals surface area contributed by atoms with Gasteiger partial charge in [0.2, 0.25) is 5.91 Å². The van der Waals surface area contributed by atoms with Gasteiger partial charge in [-0.05, 0) is 6.42 Å². The first-order valence-corrected chi connectivity index (χ1v) is 5.82. The standard InChI is InChI=1S/C10H16F3N3O5/c11-10(12,13)5-21-4-3-15-9(20)16-6(8(18)19)1-2-7(14)17/h6H,1-5H2,(H2,14,17)(H,18,19)(H2,15,16,20)/t6-/m1/s1. The van der Waals surface area contributed by atoms with Crippen molar-refractivity contribution in [2.24, 2.45) is 5.73 Å². The summed E-state index contributed by atoms with van der Waals surface area (Å²) in [4.78, 5) is 32.6. The normalized spacial score (nSPS) is 12.5. The fraction of sp³-hybridized carbons (Fsp3) is 0.700. The van der Waals surface area contributed by atoms with Crippen LogP contribution in [0.25, 0.3) is 0 Å². The minimum Gasteiger partial charge on any atom is -0.480 e. The summed E-state index contributed by atoms with van der Waals surface area (Å²) in [6.07, 6.45) is -4.87. The maximum absolute atomic E-state index is 11.7. The van der Waals surface area contributed by atoms with Crippen LogP contribution >= 0.6 is 0 Å². The van der Waals surface area contributed by atoms with Gasteiger partial charge in [-0.25, -0.2) is 9.59 Å². The third-order valence-electron chi connectivity index (χ3n) is 2.08. The van der Waals surface area contributed by atoms with Crippen LogP contribution in [0.2, 0.25) is 0 Å². The Labute approximate surface area is 117 Å². The van der Waals surface area contributed by atoms with E-state index in [1.54, 1.807) is 0 Å². The number of amides is 3. The molecule has 0 bridgehead atoms. The molecular formula is C10H16F3N3O5. The van der Waals surface area contributed by atoms with E-state index in [-0.39, 0.29) is 26.0 Å². The van der Waals surface area contributed by atoms with Crippen molar-refractivity contribution >= 4 is 17.9 Å². The number of nitrogens with one attached hydrogen (secondary N) is 2. The zero-order chi connectivity index (χ0) is 16.5. The summed E-state index contributed by atoms with van der Waals surface area (Å²) in [5.41, 5.74) is 4.85. The minimum absolute atomic E-state index is 0.192. The Hall–Kier alpha value is -2.04. The van der Waals surface area contributed by atoms with E-state index in [1.807, 2.05) is 5.32 Å². The number of carboxylic acid groups (broad SMARTS) is 1. The Balaban J connectivity index is 3.93. The van der Waals surface area contributed by atoms with Crippen LogP contribution in [0, 0.1) is 0 Å². The first kappa shape index (κ1) is 19.0. The third-order valence-corrected chi connectivity index (χ3v) is 2.08. The van der Waals surface area contributed by atoms with Gasteiger partial charge >= 0.3 is 18.2 Å². The summed E-state index contributed by atoms with van der Waals surface area (Å²) in [6.45, 7) is -2.05. The fourth-order valence-electron chi connectivity index (χ4n) is 1.18. The maximum atomic E-state index is 11.7. The average molecular weight is 315 g/mol. The van der Waals surface area contributed by atoms with E-state index < -0.39 is 36.7 Å². The van der Waals surface area contributed by atoms with E-state index in [0.717, 1.165) is 0 Å². The molecule has 3 amide bonds. The van der Waals surface area contributed by atoms with Crippen LogP contribution in [0.15, 0.2) is 0 Å². The molecule has 122 valence electrons. The Morgan fingerprint density at radius 1 is 1.29 bits per heavy atom. The molecule has 11 heteroatoms. The smallest absolute Gasteiger partial charge is 0.411 e. The summed E-state index contributed by atoms with van der Waals surface area (Å²) in [7, 11) is 0. The number of hydrogen-bond donors (Lipinski definition) is 4. The lowest BCUT2D eigenvalue weighted by atomic mass is 10.1. The second-order valence-electron chi connectivity index (χ2n) is 3.96. The maximum Gasteiger partial charge on any atom is 0.411 e. The molecule has 0 saturated carbocycles. The molecule has 1 atom stereocenters. The summed E-state index contributed by atoms with van der Waals surface area (Å²) in [5.74, 6) is -2.08. The van der Waals surface area contributed by atoms with Crippen molar-refractivity contribution in [1.82, 2.24) is 10.6 Å². The lowest BCUT2D eigenvalue weighted by Crippen LogP contribution is -2.47.